The van der Waals surface area contributed by atoms with Crippen LogP contribution < -0.4 is 0 Å². The van der Waals surface area contributed by atoms with E-state index in [1.807, 2.05) is 62.3 Å². The Bertz CT molecular complexity index is 1690. The van der Waals surface area contributed by atoms with Gasteiger partial charge < -0.3 is 28.8 Å². The van der Waals surface area contributed by atoms with Crippen molar-refractivity contribution in [2.45, 2.75) is 222 Å². The van der Waals surface area contributed by atoms with E-state index < -0.39 is 33.9 Å². The van der Waals surface area contributed by atoms with Crippen LogP contribution in [0.1, 0.15) is 193 Å². The first-order valence-electron chi connectivity index (χ1n) is 24.5. The Morgan fingerprint density at radius 3 is 1.44 bits per heavy atom. The van der Waals surface area contributed by atoms with Gasteiger partial charge in [0.1, 0.15) is 23.1 Å². The molecule has 12 heteroatoms. The summed E-state index contributed by atoms with van der Waals surface area (Å²) >= 11 is 0. The molecule has 10 rings (SSSR count). The molecule has 0 aromatic carbocycles. The van der Waals surface area contributed by atoms with Crippen LogP contribution in [-0.2, 0) is 52.5 Å². The molecular formula is C52H84O12. The highest BCUT2D eigenvalue weighted by Gasteiger charge is 2.60. The summed E-state index contributed by atoms with van der Waals surface area (Å²) in [4.78, 5) is 69.4. The number of esters is 5. The van der Waals surface area contributed by atoms with Crippen LogP contribution in [0.25, 0.3) is 0 Å². The molecular weight excluding hydrogens is 817 g/mol. The van der Waals surface area contributed by atoms with Gasteiger partial charge in [-0.05, 0) is 216 Å². The van der Waals surface area contributed by atoms with E-state index in [4.69, 9.17) is 18.9 Å². The number of hydrogen-bond acceptors (Lipinski definition) is 12. The van der Waals surface area contributed by atoms with Crippen molar-refractivity contribution >= 4 is 35.6 Å². The molecule has 0 spiro atoms. The lowest BCUT2D eigenvalue weighted by Gasteiger charge is -2.59. The SMILES string of the molecule is CC(=O)C1CCC(OC(=O)C(C)(C)C)C1.CC(C)(C)C(=O)OC1(C)C2CC3CC(C2)CC1C3.CC(C)(C)C(=O)OC12CC3CC(CC(O)(C3)C1)C2.CC(C)(C)C(=O)OC1CCOC1=O. The summed E-state index contributed by atoms with van der Waals surface area (Å²) in [7, 11) is 0. The van der Waals surface area contributed by atoms with E-state index in [1.54, 1.807) is 27.7 Å². The molecule has 0 amide bonds. The van der Waals surface area contributed by atoms with Gasteiger partial charge in [-0.3, -0.25) is 24.0 Å². The van der Waals surface area contributed by atoms with Crippen molar-refractivity contribution in [2.24, 2.45) is 63.1 Å². The van der Waals surface area contributed by atoms with Gasteiger partial charge in [0.2, 0.25) is 6.10 Å². The first kappa shape index (κ1) is 52.0. The average molecular weight is 901 g/mol. The zero-order chi connectivity index (χ0) is 48.0. The quantitative estimate of drug-likeness (QED) is 0.205. The lowest BCUT2D eigenvalue weighted by atomic mass is 9.50. The Morgan fingerprint density at radius 2 is 1.03 bits per heavy atom. The van der Waals surface area contributed by atoms with Crippen LogP contribution >= 0.6 is 0 Å². The predicted octanol–water partition coefficient (Wildman–Crippen LogP) is 9.67. The van der Waals surface area contributed by atoms with Gasteiger partial charge in [-0.1, -0.05) is 0 Å². The molecule has 0 aromatic heterocycles. The van der Waals surface area contributed by atoms with Crippen molar-refractivity contribution in [3.8, 4) is 0 Å². The number of Topliss-reactive ketones (excluding diaryl/α,β-unsaturated/α-hetero) is 1. The van der Waals surface area contributed by atoms with Gasteiger partial charge in [0, 0.05) is 18.8 Å². The van der Waals surface area contributed by atoms with Gasteiger partial charge in [0.25, 0.3) is 0 Å². The number of carbonyl (C=O) groups excluding carboxylic acids is 6. The zero-order valence-electron chi connectivity index (χ0n) is 41.9. The normalized spacial score (nSPS) is 36.8. The summed E-state index contributed by atoms with van der Waals surface area (Å²) < 4.78 is 26.9. The van der Waals surface area contributed by atoms with Gasteiger partial charge in [-0.15, -0.1) is 0 Å². The van der Waals surface area contributed by atoms with Crippen LogP contribution in [0.3, 0.4) is 0 Å². The van der Waals surface area contributed by atoms with Crippen LogP contribution in [-0.4, -0.2) is 76.4 Å². The van der Waals surface area contributed by atoms with Gasteiger partial charge in [-0.25, -0.2) is 4.79 Å². The number of hydrogen-bond donors (Lipinski definition) is 1. The third kappa shape index (κ3) is 12.9. The molecule has 0 radical (unpaired) electrons. The summed E-state index contributed by atoms with van der Waals surface area (Å²) in [6.07, 6.45) is 14.4. The summed E-state index contributed by atoms with van der Waals surface area (Å²) in [6, 6.07) is 0. The fourth-order valence-corrected chi connectivity index (χ4v) is 11.9. The maximum atomic E-state index is 12.2. The number of aliphatic hydroxyl groups is 1. The molecule has 364 valence electrons. The van der Waals surface area contributed by atoms with Crippen molar-refractivity contribution in [2.75, 3.05) is 6.61 Å². The second-order valence-corrected chi connectivity index (χ2v) is 25.6. The van der Waals surface area contributed by atoms with Crippen LogP contribution in [0.4, 0.5) is 0 Å². The second kappa shape index (κ2) is 18.9. The molecule has 5 atom stereocenters. The van der Waals surface area contributed by atoms with E-state index in [1.165, 1.54) is 38.5 Å². The van der Waals surface area contributed by atoms with E-state index in [0.29, 0.717) is 49.5 Å². The molecule has 10 fully saturated rings. The van der Waals surface area contributed by atoms with E-state index in [2.05, 4.69) is 11.7 Å². The minimum atomic E-state index is -0.688. The zero-order valence-corrected chi connectivity index (χ0v) is 41.9. The molecule has 10 aliphatic rings. The van der Waals surface area contributed by atoms with E-state index >= 15 is 0 Å². The summed E-state index contributed by atoms with van der Waals surface area (Å²) in [5.74, 6) is 3.43. The number of cyclic esters (lactones) is 1. The Balaban J connectivity index is 0.000000162. The van der Waals surface area contributed by atoms with Gasteiger partial charge in [0.15, 0.2) is 0 Å². The Labute approximate surface area is 384 Å². The molecule has 9 aliphatic carbocycles. The fourth-order valence-electron chi connectivity index (χ4n) is 11.9. The Morgan fingerprint density at radius 1 is 0.578 bits per heavy atom. The molecule has 1 heterocycles. The lowest BCUT2D eigenvalue weighted by molar-refractivity contribution is -0.225. The predicted molar refractivity (Wildman–Crippen MR) is 241 cm³/mol. The molecule has 1 aliphatic heterocycles. The van der Waals surface area contributed by atoms with Crippen LogP contribution in [0, 0.1) is 63.1 Å². The maximum Gasteiger partial charge on any atom is 0.347 e. The smallest absolute Gasteiger partial charge is 0.347 e. The molecule has 9 saturated carbocycles. The van der Waals surface area contributed by atoms with Gasteiger partial charge in [0.05, 0.1) is 33.9 Å². The second-order valence-electron chi connectivity index (χ2n) is 25.6. The van der Waals surface area contributed by atoms with Crippen molar-refractivity contribution in [3.63, 3.8) is 0 Å². The van der Waals surface area contributed by atoms with E-state index in [-0.39, 0.29) is 58.3 Å². The van der Waals surface area contributed by atoms with Crippen LogP contribution in [0.15, 0.2) is 0 Å². The van der Waals surface area contributed by atoms with E-state index in [0.717, 1.165) is 50.4 Å². The largest absolute Gasteiger partial charge is 0.463 e. The fraction of sp³-hybridized carbons (Fsp3) is 0.885. The number of carbonyl (C=O) groups is 6. The molecule has 12 nitrogen and oxygen atoms in total. The number of ketones is 1. The van der Waals surface area contributed by atoms with E-state index in [9.17, 15) is 33.9 Å². The Hall–Kier alpha value is -3.02. The lowest BCUT2D eigenvalue weighted by Crippen LogP contribution is -2.60. The topological polar surface area (TPSA) is 169 Å². The summed E-state index contributed by atoms with van der Waals surface area (Å²) in [5, 5.41) is 10.6. The maximum absolute atomic E-state index is 12.2. The van der Waals surface area contributed by atoms with Crippen LogP contribution in [0.2, 0.25) is 0 Å². The van der Waals surface area contributed by atoms with Crippen molar-refractivity contribution < 1.29 is 57.6 Å². The highest BCUT2D eigenvalue weighted by Crippen LogP contribution is 2.60. The van der Waals surface area contributed by atoms with Gasteiger partial charge >= 0.3 is 29.8 Å². The number of rotatable bonds is 5. The minimum absolute atomic E-state index is 0.0162. The third-order valence-electron chi connectivity index (χ3n) is 15.2. The van der Waals surface area contributed by atoms with Crippen molar-refractivity contribution in [3.05, 3.63) is 0 Å². The van der Waals surface area contributed by atoms with Gasteiger partial charge in [-0.2, -0.15) is 0 Å². The molecule has 1 N–H and O–H groups in total. The third-order valence-corrected chi connectivity index (χ3v) is 15.2. The summed E-state index contributed by atoms with van der Waals surface area (Å²) in [6.45, 7) is 26.5. The molecule has 8 bridgehead atoms. The highest BCUT2D eigenvalue weighted by atomic mass is 16.6. The molecule has 64 heavy (non-hydrogen) atoms. The average Bonchev–Trinajstić information content (AvgIpc) is 3.77. The first-order chi connectivity index (χ1) is 29.2. The first-order valence-corrected chi connectivity index (χ1v) is 24.5. The molecule has 5 unspecified atom stereocenters. The monoisotopic (exact) mass is 901 g/mol. The minimum Gasteiger partial charge on any atom is -0.463 e. The molecule has 0 aromatic rings. The molecule has 1 saturated heterocycles. The Kier molecular flexibility index (Phi) is 15.4. The summed E-state index contributed by atoms with van der Waals surface area (Å²) in [5.41, 5.74) is -2.93. The van der Waals surface area contributed by atoms with Crippen LogP contribution in [0.5, 0.6) is 0 Å². The standard InChI is InChI=1S/C16H26O2.C15H24O3.C12H20O3.C9H14O4/c1-15(2,3)14(17)18-16(4)12-6-10-5-11(8-12)9-13(16)7-10;1-13(2,3)12(16)18-15-7-10-4-11(8-15)6-14(17,5-10)9-15;1-8(13)9-5-6-10(7-9)15-11(14)12(2,3)4;1-9(2,3)8(11)13-6-4-5-12-7(6)10/h10-13H,5-9H2,1-4H3;10-11,17H,4-9H2,1-3H3;9-10H,5-7H2,1-4H3;6H,4-5H2,1-3H3. The van der Waals surface area contributed by atoms with Crippen molar-refractivity contribution in [1.29, 1.82) is 0 Å². The van der Waals surface area contributed by atoms with Crippen molar-refractivity contribution in [1.82, 2.24) is 0 Å². The number of ether oxygens (including phenoxy) is 5. The highest BCUT2D eigenvalue weighted by molar-refractivity contribution is 5.82.